The van der Waals surface area contributed by atoms with Gasteiger partial charge in [0.1, 0.15) is 11.5 Å². The van der Waals surface area contributed by atoms with Crippen molar-refractivity contribution in [3.05, 3.63) is 52.2 Å². The van der Waals surface area contributed by atoms with E-state index in [-0.39, 0.29) is 5.56 Å². The van der Waals surface area contributed by atoms with Crippen molar-refractivity contribution in [1.82, 2.24) is 29.8 Å². The normalized spacial score (nSPS) is 21.0. The molecule has 1 saturated carbocycles. The van der Waals surface area contributed by atoms with Crippen LogP contribution < -0.4 is 16.2 Å². The maximum atomic E-state index is 12.1. The highest BCUT2D eigenvalue weighted by molar-refractivity contribution is 6.06. The van der Waals surface area contributed by atoms with Crippen LogP contribution in [0.4, 0.5) is 11.8 Å². The maximum Gasteiger partial charge on any atom is 0.248 e. The molecule has 0 amide bonds. The topological polar surface area (TPSA) is 101 Å². The average molecular weight is 430 g/mol. The highest BCUT2D eigenvalue weighted by Crippen LogP contribution is 2.38. The predicted octanol–water partition coefficient (Wildman–Crippen LogP) is 3.81. The van der Waals surface area contributed by atoms with E-state index in [9.17, 15) is 4.79 Å². The molecule has 4 aromatic rings. The smallest absolute Gasteiger partial charge is 0.248 e. The first kappa shape index (κ1) is 19.4. The van der Waals surface area contributed by atoms with Crippen LogP contribution in [-0.2, 0) is 13.0 Å². The van der Waals surface area contributed by atoms with Gasteiger partial charge >= 0.3 is 0 Å². The highest BCUT2D eigenvalue weighted by atomic mass is 16.1. The van der Waals surface area contributed by atoms with Gasteiger partial charge in [-0.2, -0.15) is 4.98 Å². The second-order valence-electron chi connectivity index (χ2n) is 9.16. The minimum Gasteiger partial charge on any atom is -0.327 e. The molecule has 1 aliphatic heterocycles. The van der Waals surface area contributed by atoms with Gasteiger partial charge in [-0.05, 0) is 43.2 Å². The molecule has 0 radical (unpaired) electrons. The van der Waals surface area contributed by atoms with E-state index >= 15 is 0 Å². The van der Waals surface area contributed by atoms with E-state index in [1.54, 1.807) is 6.07 Å². The van der Waals surface area contributed by atoms with E-state index in [0.29, 0.717) is 12.0 Å². The van der Waals surface area contributed by atoms with Crippen molar-refractivity contribution in [1.29, 1.82) is 0 Å². The molecule has 6 rings (SSSR count). The van der Waals surface area contributed by atoms with Crippen LogP contribution in [0.15, 0.2) is 35.4 Å². The van der Waals surface area contributed by atoms with Crippen molar-refractivity contribution in [2.45, 2.75) is 51.6 Å². The Morgan fingerprint density at radius 1 is 1.12 bits per heavy atom. The molecule has 0 spiro atoms. The number of fused-ring (bicyclic) bond motifs is 4. The zero-order valence-corrected chi connectivity index (χ0v) is 18.2. The van der Waals surface area contributed by atoms with Gasteiger partial charge in [-0.1, -0.05) is 13.0 Å². The molecule has 0 aromatic carbocycles. The first-order chi connectivity index (χ1) is 15.7. The van der Waals surface area contributed by atoms with Crippen LogP contribution >= 0.6 is 0 Å². The summed E-state index contributed by atoms with van der Waals surface area (Å²) >= 11 is 0. The molecule has 0 atom stereocenters. The quantitative estimate of drug-likeness (QED) is 0.458. The molecule has 8 nitrogen and oxygen atoms in total. The molecule has 0 saturated heterocycles. The maximum absolute atomic E-state index is 12.1. The van der Waals surface area contributed by atoms with Crippen LogP contribution in [0.3, 0.4) is 0 Å². The fraction of sp³-hybridized carbons (Fsp3) is 0.417. The van der Waals surface area contributed by atoms with Gasteiger partial charge in [0.25, 0.3) is 0 Å². The Bertz CT molecular complexity index is 1360. The fourth-order valence-corrected chi connectivity index (χ4v) is 5.19. The third kappa shape index (κ3) is 3.35. The minimum absolute atomic E-state index is 0.108. The van der Waals surface area contributed by atoms with Gasteiger partial charge in [-0.3, -0.25) is 4.79 Å². The van der Waals surface area contributed by atoms with Crippen LogP contribution in [0.1, 0.15) is 49.9 Å². The lowest BCUT2D eigenvalue weighted by Gasteiger charge is -2.28. The van der Waals surface area contributed by atoms with Crippen molar-refractivity contribution in [2.75, 3.05) is 11.9 Å². The summed E-state index contributed by atoms with van der Waals surface area (Å²) in [5, 5.41) is 8.50. The molecular formula is C24H27N7O. The molecule has 0 bridgehead atoms. The summed E-state index contributed by atoms with van der Waals surface area (Å²) in [6, 6.07) is 6.13. The SMILES string of the molecule is CC1CCC(n2c3c[nH]c(=O)cc3c3cnc(Nc4ccc5c(n4)CCNC5)nc32)CC1. The number of aromatic nitrogens is 5. The molecule has 0 unspecified atom stereocenters. The Labute approximate surface area is 185 Å². The van der Waals surface area contributed by atoms with Gasteiger partial charge < -0.3 is 20.2 Å². The van der Waals surface area contributed by atoms with Crippen LogP contribution in [0.5, 0.6) is 0 Å². The summed E-state index contributed by atoms with van der Waals surface area (Å²) in [6.07, 6.45) is 9.23. The van der Waals surface area contributed by atoms with Gasteiger partial charge in [0.15, 0.2) is 0 Å². The zero-order chi connectivity index (χ0) is 21.7. The number of nitrogens with zero attached hydrogens (tertiary/aromatic N) is 4. The number of H-pyrrole nitrogens is 1. The molecule has 5 heterocycles. The lowest BCUT2D eigenvalue weighted by Crippen LogP contribution is -2.24. The van der Waals surface area contributed by atoms with Gasteiger partial charge in [0.2, 0.25) is 11.5 Å². The number of anilines is 2. The molecule has 2 aliphatic rings. The van der Waals surface area contributed by atoms with Gasteiger partial charge in [-0.25, -0.2) is 9.97 Å². The fourth-order valence-electron chi connectivity index (χ4n) is 5.19. The highest BCUT2D eigenvalue weighted by Gasteiger charge is 2.25. The third-order valence-corrected chi connectivity index (χ3v) is 6.96. The van der Waals surface area contributed by atoms with E-state index in [4.69, 9.17) is 9.97 Å². The molecule has 164 valence electrons. The first-order valence-electron chi connectivity index (χ1n) is 11.5. The predicted molar refractivity (Wildman–Crippen MR) is 125 cm³/mol. The van der Waals surface area contributed by atoms with E-state index in [1.165, 1.54) is 18.4 Å². The van der Waals surface area contributed by atoms with Crippen LogP contribution in [0, 0.1) is 5.92 Å². The van der Waals surface area contributed by atoms with Crippen LogP contribution in [-0.4, -0.2) is 31.0 Å². The standard InChI is InChI=1S/C24H27N7O/c1-14-2-5-16(6-3-14)31-20-13-26-22(32)10-17(20)18-12-27-24(30-23(18)31)29-21-7-4-15-11-25-9-8-19(15)28-21/h4,7,10,12-14,16,25H,2-3,5-6,8-9,11H2,1H3,(H,26,32)(H,27,28,29,30). The number of pyridine rings is 2. The monoisotopic (exact) mass is 429 g/mol. The molecule has 4 aromatic heterocycles. The second kappa shape index (κ2) is 7.70. The number of rotatable bonds is 3. The second-order valence-corrected chi connectivity index (χ2v) is 9.16. The van der Waals surface area contributed by atoms with E-state index < -0.39 is 0 Å². The third-order valence-electron chi connectivity index (χ3n) is 6.96. The minimum atomic E-state index is -0.108. The molecule has 32 heavy (non-hydrogen) atoms. The molecular weight excluding hydrogens is 402 g/mol. The lowest BCUT2D eigenvalue weighted by atomic mass is 9.87. The number of aromatic amines is 1. The van der Waals surface area contributed by atoms with Crippen molar-refractivity contribution in [3.8, 4) is 0 Å². The van der Waals surface area contributed by atoms with Crippen molar-refractivity contribution >= 4 is 33.7 Å². The molecule has 3 N–H and O–H groups in total. The van der Waals surface area contributed by atoms with E-state index in [1.807, 2.05) is 18.5 Å². The molecule has 1 aliphatic carbocycles. The Hall–Kier alpha value is -3.26. The van der Waals surface area contributed by atoms with Crippen LogP contribution in [0.2, 0.25) is 0 Å². The number of nitrogens with one attached hydrogen (secondary N) is 3. The average Bonchev–Trinajstić information content (AvgIpc) is 3.12. The van der Waals surface area contributed by atoms with Crippen LogP contribution in [0.25, 0.3) is 21.9 Å². The van der Waals surface area contributed by atoms with Gasteiger partial charge in [0.05, 0.1) is 5.52 Å². The Balaban J connectivity index is 1.44. The lowest BCUT2D eigenvalue weighted by molar-refractivity contribution is 0.298. The summed E-state index contributed by atoms with van der Waals surface area (Å²) in [6.45, 7) is 4.14. The van der Waals surface area contributed by atoms with Gasteiger partial charge in [-0.15, -0.1) is 0 Å². The summed E-state index contributed by atoms with van der Waals surface area (Å²) in [4.78, 5) is 29.2. The van der Waals surface area contributed by atoms with Crippen molar-refractivity contribution in [2.24, 2.45) is 5.92 Å². The Kier molecular flexibility index (Phi) is 4.68. The molecule has 8 heteroatoms. The van der Waals surface area contributed by atoms with Gasteiger partial charge in [0, 0.05) is 60.5 Å². The summed E-state index contributed by atoms with van der Waals surface area (Å²) < 4.78 is 2.31. The first-order valence-corrected chi connectivity index (χ1v) is 11.5. The summed E-state index contributed by atoms with van der Waals surface area (Å²) in [7, 11) is 0. The number of hydrogen-bond donors (Lipinski definition) is 3. The zero-order valence-electron chi connectivity index (χ0n) is 18.2. The van der Waals surface area contributed by atoms with Crippen molar-refractivity contribution < 1.29 is 0 Å². The van der Waals surface area contributed by atoms with Crippen molar-refractivity contribution in [3.63, 3.8) is 0 Å². The Morgan fingerprint density at radius 3 is 2.88 bits per heavy atom. The number of hydrogen-bond acceptors (Lipinski definition) is 6. The summed E-state index contributed by atoms with van der Waals surface area (Å²) in [5.41, 5.74) is 4.15. The molecule has 1 fully saturated rings. The Morgan fingerprint density at radius 2 is 2.00 bits per heavy atom. The summed E-state index contributed by atoms with van der Waals surface area (Å²) in [5.74, 6) is 2.05. The van der Waals surface area contributed by atoms with E-state index in [0.717, 1.165) is 71.7 Å². The largest absolute Gasteiger partial charge is 0.327 e. The van der Waals surface area contributed by atoms with E-state index in [2.05, 4.69) is 38.2 Å².